The molecule has 2 aromatic rings. The molecule has 0 spiro atoms. The summed E-state index contributed by atoms with van der Waals surface area (Å²) >= 11 is 5.77. The van der Waals surface area contributed by atoms with Crippen LogP contribution < -0.4 is 0 Å². The van der Waals surface area contributed by atoms with Crippen molar-refractivity contribution in [1.29, 1.82) is 0 Å². The van der Waals surface area contributed by atoms with Crippen LogP contribution in [-0.4, -0.2) is 23.7 Å². The molecule has 122 valence electrons. The van der Waals surface area contributed by atoms with Crippen molar-refractivity contribution in [2.75, 3.05) is 0 Å². The second-order valence-corrected chi connectivity index (χ2v) is 8.21. The van der Waals surface area contributed by atoms with Crippen molar-refractivity contribution in [1.82, 2.24) is 9.29 Å². The summed E-state index contributed by atoms with van der Waals surface area (Å²) in [4.78, 5) is 4.10. The van der Waals surface area contributed by atoms with Gasteiger partial charge in [-0.2, -0.15) is 4.31 Å². The Morgan fingerprint density at radius 1 is 1.22 bits per heavy atom. The maximum Gasteiger partial charge on any atom is 0.245 e. The number of sulfonamides is 1. The third-order valence-electron chi connectivity index (χ3n) is 4.25. The first-order chi connectivity index (χ1) is 11.0. The highest BCUT2D eigenvalue weighted by atomic mass is 35.5. The van der Waals surface area contributed by atoms with Crippen molar-refractivity contribution < 1.29 is 8.42 Å². The lowest BCUT2D eigenvalue weighted by Crippen LogP contribution is -2.39. The third-order valence-corrected chi connectivity index (χ3v) is 6.39. The maximum atomic E-state index is 13.1. The van der Waals surface area contributed by atoms with Gasteiger partial charge in [-0.25, -0.2) is 13.4 Å². The lowest BCUT2D eigenvalue weighted by molar-refractivity contribution is 0.303. The number of pyridine rings is 1. The molecule has 1 aromatic carbocycles. The molecule has 1 saturated carbocycles. The highest BCUT2D eigenvalue weighted by Crippen LogP contribution is 2.37. The molecule has 0 bridgehead atoms. The number of benzene rings is 1. The van der Waals surface area contributed by atoms with Crippen LogP contribution in [0.2, 0.25) is 5.15 Å². The minimum absolute atomic E-state index is 0.0316. The fourth-order valence-electron chi connectivity index (χ4n) is 2.68. The predicted molar refractivity (Wildman–Crippen MR) is 90.6 cm³/mol. The number of hydrogen-bond donors (Lipinski definition) is 0. The standard InChI is InChI=1S/C17H19ClN2O2S/c1-13(15-7-8-15)20(12-14-5-3-2-4-6-14)23(21,22)16-9-10-17(18)19-11-16/h2-6,9-11,13,15H,7-8,12H2,1H3/t13-/m0/s1. The van der Waals surface area contributed by atoms with Gasteiger partial charge in [0.25, 0.3) is 0 Å². The largest absolute Gasteiger partial charge is 0.245 e. The Balaban J connectivity index is 1.94. The minimum Gasteiger partial charge on any atom is -0.243 e. The fraction of sp³-hybridized carbons (Fsp3) is 0.353. The summed E-state index contributed by atoms with van der Waals surface area (Å²) in [5.41, 5.74) is 0.977. The minimum atomic E-state index is -3.61. The van der Waals surface area contributed by atoms with Gasteiger partial charge in [0.05, 0.1) is 0 Å². The smallest absolute Gasteiger partial charge is 0.243 e. The normalized spacial score (nSPS) is 16.5. The average Bonchev–Trinajstić information content (AvgIpc) is 3.38. The number of halogens is 1. The number of aromatic nitrogens is 1. The molecule has 1 aliphatic carbocycles. The molecule has 0 amide bonds. The van der Waals surface area contributed by atoms with E-state index in [2.05, 4.69) is 4.98 Å². The Hall–Kier alpha value is -1.43. The van der Waals surface area contributed by atoms with E-state index in [9.17, 15) is 8.42 Å². The first kappa shape index (κ1) is 16.4. The SMILES string of the molecule is C[C@@H](C1CC1)N(Cc1ccccc1)S(=O)(=O)c1ccc(Cl)nc1. The van der Waals surface area contributed by atoms with Crippen LogP contribution in [0.25, 0.3) is 0 Å². The summed E-state index contributed by atoms with van der Waals surface area (Å²) in [6, 6.07) is 12.7. The van der Waals surface area contributed by atoms with Crippen molar-refractivity contribution in [2.45, 2.75) is 37.2 Å². The molecule has 0 radical (unpaired) electrons. The van der Waals surface area contributed by atoms with E-state index in [1.165, 1.54) is 18.3 Å². The second kappa shape index (κ2) is 6.59. The van der Waals surface area contributed by atoms with Crippen molar-refractivity contribution in [3.63, 3.8) is 0 Å². The van der Waals surface area contributed by atoms with Gasteiger partial charge >= 0.3 is 0 Å². The lowest BCUT2D eigenvalue weighted by atomic mass is 10.2. The Labute approximate surface area is 142 Å². The van der Waals surface area contributed by atoms with Crippen LogP contribution in [-0.2, 0) is 16.6 Å². The van der Waals surface area contributed by atoms with Gasteiger partial charge in [-0.3, -0.25) is 0 Å². The number of rotatable bonds is 6. The van der Waals surface area contributed by atoms with Crippen LogP contribution in [0.15, 0.2) is 53.6 Å². The quantitative estimate of drug-likeness (QED) is 0.746. The molecule has 1 aliphatic rings. The molecule has 0 unspecified atom stereocenters. The van der Waals surface area contributed by atoms with E-state index in [1.807, 2.05) is 37.3 Å². The molecule has 0 N–H and O–H groups in total. The van der Waals surface area contributed by atoms with Crippen LogP contribution in [0.1, 0.15) is 25.3 Å². The molecule has 1 atom stereocenters. The zero-order chi connectivity index (χ0) is 16.4. The molecule has 4 nitrogen and oxygen atoms in total. The zero-order valence-electron chi connectivity index (χ0n) is 12.9. The van der Waals surface area contributed by atoms with E-state index in [1.54, 1.807) is 4.31 Å². The molecular weight excluding hydrogens is 332 g/mol. The van der Waals surface area contributed by atoms with E-state index < -0.39 is 10.0 Å². The van der Waals surface area contributed by atoms with E-state index in [-0.39, 0.29) is 16.1 Å². The Kier molecular flexibility index (Phi) is 4.71. The van der Waals surface area contributed by atoms with Gasteiger partial charge in [-0.05, 0) is 43.4 Å². The van der Waals surface area contributed by atoms with Crippen molar-refractivity contribution in [3.8, 4) is 0 Å². The third kappa shape index (κ3) is 3.74. The van der Waals surface area contributed by atoms with Crippen LogP contribution in [0.3, 0.4) is 0 Å². The fourth-order valence-corrected chi connectivity index (χ4v) is 4.41. The van der Waals surface area contributed by atoms with Gasteiger partial charge in [0, 0.05) is 18.8 Å². The number of hydrogen-bond acceptors (Lipinski definition) is 3. The Bertz CT molecular complexity index is 759. The lowest BCUT2D eigenvalue weighted by Gasteiger charge is -2.28. The van der Waals surface area contributed by atoms with Gasteiger partial charge in [0.15, 0.2) is 0 Å². The molecule has 0 aliphatic heterocycles. The Morgan fingerprint density at radius 2 is 1.91 bits per heavy atom. The summed E-state index contributed by atoms with van der Waals surface area (Å²) in [5, 5.41) is 0.286. The summed E-state index contributed by atoms with van der Waals surface area (Å²) in [5.74, 6) is 0.439. The molecule has 1 aromatic heterocycles. The van der Waals surface area contributed by atoms with Crippen LogP contribution in [0, 0.1) is 5.92 Å². The second-order valence-electron chi connectivity index (χ2n) is 5.93. The summed E-state index contributed by atoms with van der Waals surface area (Å²) in [6.07, 6.45) is 3.50. The van der Waals surface area contributed by atoms with Gasteiger partial charge in [0.1, 0.15) is 10.0 Å². The number of nitrogens with zero attached hydrogens (tertiary/aromatic N) is 2. The molecular formula is C17H19ClN2O2S. The van der Waals surface area contributed by atoms with Gasteiger partial charge in [-0.15, -0.1) is 0 Å². The molecule has 0 saturated heterocycles. The van der Waals surface area contributed by atoms with Crippen molar-refractivity contribution >= 4 is 21.6 Å². The van der Waals surface area contributed by atoms with Crippen molar-refractivity contribution in [2.24, 2.45) is 5.92 Å². The molecule has 1 fully saturated rings. The summed E-state index contributed by atoms with van der Waals surface area (Å²) < 4.78 is 27.7. The Morgan fingerprint density at radius 3 is 2.48 bits per heavy atom. The topological polar surface area (TPSA) is 50.3 Å². The van der Waals surface area contributed by atoms with E-state index >= 15 is 0 Å². The molecule has 6 heteroatoms. The molecule has 1 heterocycles. The van der Waals surface area contributed by atoms with Crippen LogP contribution in [0.4, 0.5) is 0 Å². The van der Waals surface area contributed by atoms with Gasteiger partial charge in [-0.1, -0.05) is 41.9 Å². The maximum absolute atomic E-state index is 13.1. The van der Waals surface area contributed by atoms with Gasteiger partial charge < -0.3 is 0 Å². The van der Waals surface area contributed by atoms with E-state index in [4.69, 9.17) is 11.6 Å². The molecule has 3 rings (SSSR count). The monoisotopic (exact) mass is 350 g/mol. The van der Waals surface area contributed by atoms with E-state index in [0.29, 0.717) is 12.5 Å². The first-order valence-electron chi connectivity index (χ1n) is 7.66. The van der Waals surface area contributed by atoms with Gasteiger partial charge in [0.2, 0.25) is 10.0 Å². The van der Waals surface area contributed by atoms with Crippen LogP contribution in [0.5, 0.6) is 0 Å². The molecule has 23 heavy (non-hydrogen) atoms. The summed E-state index contributed by atoms with van der Waals surface area (Å²) in [7, 11) is -3.61. The van der Waals surface area contributed by atoms with E-state index in [0.717, 1.165) is 18.4 Å². The highest BCUT2D eigenvalue weighted by molar-refractivity contribution is 7.89. The first-order valence-corrected chi connectivity index (χ1v) is 9.47. The van der Waals surface area contributed by atoms with Crippen LogP contribution >= 0.6 is 11.6 Å². The summed E-state index contributed by atoms with van der Waals surface area (Å²) in [6.45, 7) is 2.35. The highest BCUT2D eigenvalue weighted by Gasteiger charge is 2.38. The predicted octanol–water partition coefficient (Wildman–Crippen LogP) is 3.72. The zero-order valence-corrected chi connectivity index (χ0v) is 14.5. The van der Waals surface area contributed by atoms with Crippen molar-refractivity contribution in [3.05, 3.63) is 59.4 Å². The average molecular weight is 351 g/mol.